The van der Waals surface area contributed by atoms with Gasteiger partial charge in [0.05, 0.1) is 30.1 Å². The van der Waals surface area contributed by atoms with Crippen molar-refractivity contribution in [2.75, 3.05) is 31.6 Å². The number of nitrogens with zero attached hydrogens (tertiary/aromatic N) is 5. The van der Waals surface area contributed by atoms with Gasteiger partial charge in [0.1, 0.15) is 11.4 Å². The number of nitrogens with one attached hydrogen (secondary N) is 1. The van der Waals surface area contributed by atoms with Gasteiger partial charge in [0, 0.05) is 31.3 Å². The van der Waals surface area contributed by atoms with Crippen LogP contribution in [0.15, 0.2) is 70.8 Å². The van der Waals surface area contributed by atoms with Gasteiger partial charge in [-0.1, -0.05) is 6.07 Å². The van der Waals surface area contributed by atoms with Gasteiger partial charge in [0.25, 0.3) is 5.56 Å². The Kier molecular flexibility index (Phi) is 7.55. The summed E-state index contributed by atoms with van der Waals surface area (Å²) >= 11 is 1.57. The lowest BCUT2D eigenvalue weighted by molar-refractivity contribution is -0.125. The number of amides is 1. The van der Waals surface area contributed by atoms with E-state index in [1.165, 1.54) is 10.7 Å². The average molecular weight is 517 g/mol. The lowest BCUT2D eigenvalue weighted by atomic mass is 9.97. The molecule has 1 fully saturated rings. The molecule has 3 aromatic heterocycles. The third-order valence-electron chi connectivity index (χ3n) is 6.42. The van der Waals surface area contributed by atoms with Gasteiger partial charge < -0.3 is 15.0 Å². The number of aromatic nitrogens is 4. The highest BCUT2D eigenvalue weighted by atomic mass is 32.1. The van der Waals surface area contributed by atoms with Crippen molar-refractivity contribution in [3.63, 3.8) is 0 Å². The van der Waals surface area contributed by atoms with Crippen LogP contribution in [0.3, 0.4) is 0 Å². The van der Waals surface area contributed by atoms with Crippen molar-refractivity contribution in [1.82, 2.24) is 25.3 Å². The molecule has 4 heterocycles. The second-order valence-corrected chi connectivity index (χ2v) is 9.79. The molecule has 10 heteroatoms. The van der Waals surface area contributed by atoms with Gasteiger partial charge in [-0.3, -0.25) is 9.59 Å². The summed E-state index contributed by atoms with van der Waals surface area (Å²) in [5, 5.41) is 18.2. The second-order valence-electron chi connectivity index (χ2n) is 8.84. The Hall–Kier alpha value is -4.05. The van der Waals surface area contributed by atoms with E-state index in [0.29, 0.717) is 19.6 Å². The molecular formula is C27H28N6O3S. The van der Waals surface area contributed by atoms with Crippen LogP contribution in [0.5, 0.6) is 5.75 Å². The van der Waals surface area contributed by atoms with Gasteiger partial charge in [0.2, 0.25) is 5.91 Å². The number of anilines is 1. The fourth-order valence-electron chi connectivity index (χ4n) is 4.40. The van der Waals surface area contributed by atoms with Crippen LogP contribution in [-0.4, -0.2) is 52.6 Å². The Morgan fingerprint density at radius 3 is 2.65 bits per heavy atom. The lowest BCUT2D eigenvalue weighted by Gasteiger charge is -2.32. The largest absolute Gasteiger partial charge is 0.497 e. The minimum Gasteiger partial charge on any atom is -0.497 e. The molecular weight excluding hydrogens is 488 g/mol. The van der Waals surface area contributed by atoms with Crippen molar-refractivity contribution < 1.29 is 9.53 Å². The number of carbonyl (C=O) groups is 1. The lowest BCUT2D eigenvalue weighted by Crippen LogP contribution is -2.44. The van der Waals surface area contributed by atoms with Gasteiger partial charge in [0.15, 0.2) is 5.82 Å². The van der Waals surface area contributed by atoms with Crippen LogP contribution in [0.1, 0.15) is 12.8 Å². The quantitative estimate of drug-likeness (QED) is 0.383. The first-order valence-corrected chi connectivity index (χ1v) is 13.1. The predicted octanol–water partition coefficient (Wildman–Crippen LogP) is 3.47. The van der Waals surface area contributed by atoms with E-state index in [0.717, 1.165) is 52.8 Å². The number of hydrogen-bond donors (Lipinski definition) is 1. The molecule has 0 aliphatic carbocycles. The van der Waals surface area contributed by atoms with Crippen LogP contribution in [0.4, 0.5) is 5.82 Å². The van der Waals surface area contributed by atoms with E-state index >= 15 is 0 Å². The van der Waals surface area contributed by atoms with Crippen molar-refractivity contribution in [2.24, 2.45) is 5.92 Å². The normalized spacial score (nSPS) is 15.4. The van der Waals surface area contributed by atoms with E-state index in [-0.39, 0.29) is 17.4 Å². The molecule has 5 rings (SSSR count). The molecule has 1 aromatic carbocycles. The van der Waals surface area contributed by atoms with Crippen LogP contribution in [0, 0.1) is 5.92 Å². The summed E-state index contributed by atoms with van der Waals surface area (Å²) in [5.74, 6) is 1.38. The minimum absolute atomic E-state index is 0.0185. The first-order chi connectivity index (χ1) is 18.1. The Balaban J connectivity index is 1.16. The van der Waals surface area contributed by atoms with Crippen molar-refractivity contribution in [1.29, 1.82) is 0 Å². The summed E-state index contributed by atoms with van der Waals surface area (Å²) in [7, 11) is 1.64. The van der Waals surface area contributed by atoms with Crippen LogP contribution in [-0.2, 0) is 11.3 Å². The zero-order valence-corrected chi connectivity index (χ0v) is 21.4. The van der Waals surface area contributed by atoms with Gasteiger partial charge in [-0.25, -0.2) is 4.68 Å². The topological polar surface area (TPSA) is 102 Å². The summed E-state index contributed by atoms with van der Waals surface area (Å²) in [6, 6.07) is 18.8. The smallest absolute Gasteiger partial charge is 0.266 e. The third kappa shape index (κ3) is 5.86. The molecule has 37 heavy (non-hydrogen) atoms. The summed E-state index contributed by atoms with van der Waals surface area (Å²) in [6.07, 6.45) is 1.70. The SMILES string of the molecule is COc1ccc(-c2ccc(N3CCCC(C(=O)NCCn4nc(-c5cccs5)ccc4=O)C3)nn2)cc1. The number of ether oxygens (including phenoxy) is 1. The van der Waals surface area contributed by atoms with E-state index in [4.69, 9.17) is 4.74 Å². The fourth-order valence-corrected chi connectivity index (χ4v) is 5.09. The summed E-state index contributed by atoms with van der Waals surface area (Å²) in [6.45, 7) is 2.06. The predicted molar refractivity (Wildman–Crippen MR) is 144 cm³/mol. The molecule has 0 bridgehead atoms. The van der Waals surface area contributed by atoms with E-state index in [2.05, 4.69) is 25.5 Å². The highest BCUT2D eigenvalue weighted by molar-refractivity contribution is 7.13. The fraction of sp³-hybridized carbons (Fsp3) is 0.296. The van der Waals surface area contributed by atoms with E-state index in [1.807, 2.05) is 53.9 Å². The number of thiophene rings is 1. The average Bonchev–Trinajstić information content (AvgIpc) is 3.49. The van der Waals surface area contributed by atoms with Crippen molar-refractivity contribution in [2.45, 2.75) is 19.4 Å². The Bertz CT molecular complexity index is 1390. The number of methoxy groups -OCH3 is 1. The third-order valence-corrected chi connectivity index (χ3v) is 7.31. The van der Waals surface area contributed by atoms with Gasteiger partial charge >= 0.3 is 0 Å². The molecule has 0 saturated carbocycles. The maximum absolute atomic E-state index is 12.9. The Morgan fingerprint density at radius 1 is 1.08 bits per heavy atom. The summed E-state index contributed by atoms with van der Waals surface area (Å²) in [5.41, 5.74) is 2.31. The monoisotopic (exact) mass is 516 g/mol. The molecule has 1 unspecified atom stereocenters. The molecule has 1 amide bonds. The van der Waals surface area contributed by atoms with E-state index < -0.39 is 0 Å². The first kappa shape index (κ1) is 24.6. The van der Waals surface area contributed by atoms with E-state index in [1.54, 1.807) is 24.5 Å². The number of benzene rings is 1. The van der Waals surface area contributed by atoms with Crippen molar-refractivity contribution in [3.8, 4) is 27.6 Å². The first-order valence-electron chi connectivity index (χ1n) is 12.2. The van der Waals surface area contributed by atoms with Crippen LogP contribution in [0.2, 0.25) is 0 Å². The summed E-state index contributed by atoms with van der Waals surface area (Å²) < 4.78 is 6.62. The van der Waals surface area contributed by atoms with Gasteiger partial charge in [-0.05, 0) is 66.8 Å². The molecule has 1 aliphatic heterocycles. The Morgan fingerprint density at radius 2 is 1.92 bits per heavy atom. The number of hydrogen-bond acceptors (Lipinski definition) is 8. The molecule has 190 valence electrons. The molecule has 9 nitrogen and oxygen atoms in total. The van der Waals surface area contributed by atoms with Crippen LogP contribution in [0.25, 0.3) is 21.8 Å². The highest BCUT2D eigenvalue weighted by Crippen LogP contribution is 2.25. The highest BCUT2D eigenvalue weighted by Gasteiger charge is 2.26. The zero-order valence-electron chi connectivity index (χ0n) is 20.5. The number of piperidine rings is 1. The molecule has 1 saturated heterocycles. The number of carbonyl (C=O) groups excluding carboxylic acids is 1. The van der Waals surface area contributed by atoms with Gasteiger partial charge in [-0.2, -0.15) is 5.10 Å². The molecule has 1 atom stereocenters. The summed E-state index contributed by atoms with van der Waals surface area (Å²) in [4.78, 5) is 28.2. The van der Waals surface area contributed by atoms with Crippen molar-refractivity contribution >= 4 is 23.1 Å². The second kappa shape index (κ2) is 11.3. The maximum Gasteiger partial charge on any atom is 0.266 e. The van der Waals surface area contributed by atoms with Crippen LogP contribution >= 0.6 is 11.3 Å². The molecule has 1 N–H and O–H groups in total. The molecule has 0 radical (unpaired) electrons. The molecule has 1 aliphatic rings. The molecule has 4 aromatic rings. The van der Waals surface area contributed by atoms with Crippen LogP contribution < -0.4 is 20.5 Å². The Labute approximate surface area is 218 Å². The number of rotatable bonds is 8. The standard InChI is InChI=1S/C27H28N6O3S/c1-36-21-8-6-19(7-9-21)22-10-12-25(30-29-22)32-15-2-4-20(18-32)27(35)28-14-16-33-26(34)13-11-23(31-33)24-5-3-17-37-24/h3,5-13,17,20H,2,4,14-16,18H2,1H3,(H,28,35). The maximum atomic E-state index is 12.9. The van der Waals surface area contributed by atoms with Crippen molar-refractivity contribution in [3.05, 3.63) is 76.4 Å². The zero-order chi connectivity index (χ0) is 25.6. The minimum atomic E-state index is -0.185. The van der Waals surface area contributed by atoms with E-state index in [9.17, 15) is 9.59 Å². The van der Waals surface area contributed by atoms with Gasteiger partial charge in [-0.15, -0.1) is 21.5 Å². The molecule has 0 spiro atoms.